The van der Waals surface area contributed by atoms with E-state index in [4.69, 9.17) is 0 Å². The maximum absolute atomic E-state index is 2.54. The third kappa shape index (κ3) is 4.74. The quantitative estimate of drug-likeness (QED) is 0.161. The van der Waals surface area contributed by atoms with Crippen LogP contribution >= 0.6 is 0 Å². The first-order chi connectivity index (χ1) is 27.8. The molecule has 10 aromatic rings. The number of fused-ring (bicyclic) bond motifs is 10. The second-order valence-corrected chi connectivity index (χ2v) is 14.8. The van der Waals surface area contributed by atoms with Crippen LogP contribution < -0.4 is 4.90 Å². The Kier molecular flexibility index (Phi) is 7.47. The van der Waals surface area contributed by atoms with Crippen LogP contribution in [0.25, 0.3) is 54.6 Å². The van der Waals surface area contributed by atoms with Crippen molar-refractivity contribution in [3.8, 4) is 22.3 Å². The van der Waals surface area contributed by atoms with E-state index in [-0.39, 0.29) is 0 Å². The van der Waals surface area contributed by atoms with Gasteiger partial charge < -0.3 is 4.90 Å². The number of rotatable bonds is 5. The lowest BCUT2D eigenvalue weighted by atomic mass is 9.62. The van der Waals surface area contributed by atoms with Crippen molar-refractivity contribution in [2.24, 2.45) is 0 Å². The Labute approximate surface area is 327 Å². The Balaban J connectivity index is 1.33. The molecule has 1 aliphatic rings. The van der Waals surface area contributed by atoms with Gasteiger partial charge in [-0.3, -0.25) is 0 Å². The summed E-state index contributed by atoms with van der Waals surface area (Å²) in [7, 11) is 0. The van der Waals surface area contributed by atoms with Crippen molar-refractivity contribution in [2.75, 3.05) is 4.90 Å². The van der Waals surface area contributed by atoms with Crippen molar-refractivity contribution in [1.29, 1.82) is 0 Å². The number of hydrogen-bond acceptors (Lipinski definition) is 1. The van der Waals surface area contributed by atoms with Crippen molar-refractivity contribution >= 4 is 49.4 Å². The molecular weight excluding hydrogens is 675 g/mol. The summed E-state index contributed by atoms with van der Waals surface area (Å²) in [5.41, 5.74) is 12.9. The van der Waals surface area contributed by atoms with Crippen LogP contribution in [0.15, 0.2) is 224 Å². The zero-order valence-electron chi connectivity index (χ0n) is 30.8. The Bertz CT molecular complexity index is 2970. The molecule has 0 aromatic heterocycles. The highest BCUT2D eigenvalue weighted by molar-refractivity contribution is 6.22. The summed E-state index contributed by atoms with van der Waals surface area (Å²) in [6.07, 6.45) is 0. The van der Waals surface area contributed by atoms with Gasteiger partial charge in [0.05, 0.1) is 11.1 Å². The molecule has 0 aliphatic heterocycles. The number of benzene rings is 10. The average Bonchev–Trinajstić information content (AvgIpc) is 3.39. The van der Waals surface area contributed by atoms with E-state index in [0.717, 1.165) is 17.1 Å². The fourth-order valence-corrected chi connectivity index (χ4v) is 9.64. The summed E-state index contributed by atoms with van der Waals surface area (Å²) in [5.74, 6) is 0. The molecule has 0 fully saturated rings. The number of para-hydroxylation sites is 2. The highest BCUT2D eigenvalue weighted by atomic mass is 15.1. The van der Waals surface area contributed by atoms with Crippen molar-refractivity contribution < 1.29 is 0 Å². The molecule has 1 aliphatic carbocycles. The highest BCUT2D eigenvalue weighted by Gasteiger charge is 2.44. The van der Waals surface area contributed by atoms with Crippen LogP contribution in [0.4, 0.5) is 17.1 Å². The van der Waals surface area contributed by atoms with Gasteiger partial charge in [0.2, 0.25) is 0 Å². The molecule has 0 spiro atoms. The van der Waals surface area contributed by atoms with Gasteiger partial charge in [0.1, 0.15) is 0 Å². The molecule has 1 nitrogen and oxygen atoms in total. The van der Waals surface area contributed by atoms with Gasteiger partial charge >= 0.3 is 0 Å². The summed E-state index contributed by atoms with van der Waals surface area (Å²) in [4.78, 5) is 2.41. The zero-order valence-corrected chi connectivity index (χ0v) is 30.8. The van der Waals surface area contributed by atoms with Gasteiger partial charge in [0.25, 0.3) is 0 Å². The van der Waals surface area contributed by atoms with Crippen LogP contribution in [-0.4, -0.2) is 0 Å². The topological polar surface area (TPSA) is 3.24 Å². The van der Waals surface area contributed by atoms with E-state index >= 15 is 0 Å². The molecular formula is C55H37N. The van der Waals surface area contributed by atoms with Gasteiger partial charge in [-0.2, -0.15) is 0 Å². The van der Waals surface area contributed by atoms with Crippen molar-refractivity contribution in [2.45, 2.75) is 5.41 Å². The Hall–Kier alpha value is -7.22. The van der Waals surface area contributed by atoms with Gasteiger partial charge in [-0.15, -0.1) is 0 Å². The van der Waals surface area contributed by atoms with Crippen LogP contribution in [0.5, 0.6) is 0 Å². The van der Waals surface area contributed by atoms with Crippen LogP contribution in [0.2, 0.25) is 0 Å². The second-order valence-electron chi connectivity index (χ2n) is 14.8. The van der Waals surface area contributed by atoms with Gasteiger partial charge in [-0.25, -0.2) is 0 Å². The fraction of sp³-hybridized carbons (Fsp3) is 0.0182. The Morgan fingerprint density at radius 2 is 0.661 bits per heavy atom. The largest absolute Gasteiger partial charge is 0.310 e. The normalized spacial score (nSPS) is 12.8. The molecule has 0 atom stereocenters. The van der Waals surface area contributed by atoms with Crippen molar-refractivity contribution in [3.63, 3.8) is 0 Å². The average molecular weight is 712 g/mol. The number of hydrogen-bond donors (Lipinski definition) is 0. The lowest BCUT2D eigenvalue weighted by Gasteiger charge is -2.39. The standard InChI is InChI=1S/C55H37N/c1-4-20-38(21-5-1)55(51-34-18-16-30-45(51)41-26-10-11-27-42(41)46-31-17-19-35-52(46)55)53-36-49-44-29-13-15-33-48(44)54(37-50(49)43-28-12-14-32-47(43)53)56(39-22-6-2-7-23-39)40-24-8-3-9-25-40/h1-37H. The zero-order chi connectivity index (χ0) is 37.1. The van der Waals surface area contributed by atoms with Crippen molar-refractivity contribution in [1.82, 2.24) is 0 Å². The van der Waals surface area contributed by atoms with E-state index in [9.17, 15) is 0 Å². The Morgan fingerprint density at radius 1 is 0.268 bits per heavy atom. The summed E-state index contributed by atoms with van der Waals surface area (Å²) in [5, 5.41) is 7.39. The van der Waals surface area contributed by atoms with E-state index in [0.29, 0.717) is 0 Å². The molecule has 0 unspecified atom stereocenters. The minimum absolute atomic E-state index is 0.652. The molecule has 0 N–H and O–H groups in total. The van der Waals surface area contributed by atoms with Crippen LogP contribution in [-0.2, 0) is 5.41 Å². The molecule has 0 amide bonds. The first kappa shape index (κ1) is 32.2. The smallest absolute Gasteiger partial charge is 0.0719 e. The molecule has 0 saturated heterocycles. The van der Waals surface area contributed by atoms with E-state index in [1.165, 1.54) is 76.8 Å². The molecule has 1 heteroatoms. The lowest BCUT2D eigenvalue weighted by molar-refractivity contribution is 0.760. The van der Waals surface area contributed by atoms with Gasteiger partial charge in [0, 0.05) is 16.8 Å². The van der Waals surface area contributed by atoms with Crippen LogP contribution in [0.3, 0.4) is 0 Å². The van der Waals surface area contributed by atoms with E-state index in [1.807, 2.05) is 0 Å². The SMILES string of the molecule is c1ccc(N(c2ccccc2)c2cc3c4ccccc4c(C4(c5ccccc5)c5ccccc5-c5ccccc5-c5ccccc54)cc3c3ccccc23)cc1. The summed E-state index contributed by atoms with van der Waals surface area (Å²) in [6.45, 7) is 0. The van der Waals surface area contributed by atoms with Gasteiger partial charge in [-0.05, 0) is 108 Å². The van der Waals surface area contributed by atoms with E-state index < -0.39 is 5.41 Å². The number of anilines is 3. The maximum Gasteiger partial charge on any atom is 0.0719 e. The summed E-state index contributed by atoms with van der Waals surface area (Å²) in [6, 6.07) is 82.9. The minimum atomic E-state index is -0.652. The monoisotopic (exact) mass is 711 g/mol. The summed E-state index contributed by atoms with van der Waals surface area (Å²) < 4.78 is 0. The van der Waals surface area contributed by atoms with Crippen LogP contribution in [0, 0.1) is 0 Å². The molecule has 0 heterocycles. The summed E-state index contributed by atoms with van der Waals surface area (Å²) >= 11 is 0. The highest BCUT2D eigenvalue weighted by Crippen LogP contribution is 2.57. The third-order valence-electron chi connectivity index (χ3n) is 11.9. The second kappa shape index (κ2) is 13.0. The van der Waals surface area contributed by atoms with E-state index in [2.05, 4.69) is 229 Å². The van der Waals surface area contributed by atoms with Crippen molar-refractivity contribution in [3.05, 3.63) is 247 Å². The predicted molar refractivity (Wildman–Crippen MR) is 236 cm³/mol. The first-order valence-corrected chi connectivity index (χ1v) is 19.4. The van der Waals surface area contributed by atoms with Gasteiger partial charge in [-0.1, -0.05) is 188 Å². The van der Waals surface area contributed by atoms with Crippen LogP contribution in [0.1, 0.15) is 22.3 Å². The van der Waals surface area contributed by atoms with E-state index in [1.54, 1.807) is 0 Å². The molecule has 11 rings (SSSR count). The third-order valence-corrected chi connectivity index (χ3v) is 11.9. The fourth-order valence-electron chi connectivity index (χ4n) is 9.64. The molecule has 0 radical (unpaired) electrons. The molecule has 0 bridgehead atoms. The Morgan fingerprint density at radius 3 is 1.21 bits per heavy atom. The minimum Gasteiger partial charge on any atom is -0.310 e. The first-order valence-electron chi connectivity index (χ1n) is 19.4. The molecule has 0 saturated carbocycles. The van der Waals surface area contributed by atoms with Gasteiger partial charge in [0.15, 0.2) is 0 Å². The molecule has 10 aromatic carbocycles. The maximum atomic E-state index is 2.54. The molecule has 56 heavy (non-hydrogen) atoms. The molecule has 262 valence electrons. The number of nitrogens with zero attached hydrogens (tertiary/aromatic N) is 1. The lowest BCUT2D eigenvalue weighted by Crippen LogP contribution is -2.32. The predicted octanol–water partition coefficient (Wildman–Crippen LogP) is 14.6.